The fraction of sp³-hybridized carbons (Fsp3) is 0.300. The van der Waals surface area contributed by atoms with Crippen molar-refractivity contribution in [2.45, 2.75) is 25.0 Å². The summed E-state index contributed by atoms with van der Waals surface area (Å²) in [5, 5.41) is 2.17. The van der Waals surface area contributed by atoms with Crippen LogP contribution < -0.4 is 10.1 Å². The molecule has 0 radical (unpaired) electrons. The molecule has 0 spiro atoms. The number of benzene rings is 1. The second-order valence-corrected chi connectivity index (χ2v) is 6.47. The predicted molar refractivity (Wildman–Crippen MR) is 99.5 cm³/mol. The van der Waals surface area contributed by atoms with Gasteiger partial charge in [0.05, 0.1) is 6.10 Å². The number of terminal acetylenes is 1. The zero-order chi connectivity index (χ0) is 23.1. The molecule has 1 amide bonds. The lowest BCUT2D eigenvalue weighted by molar-refractivity contribution is -0.139. The van der Waals surface area contributed by atoms with Gasteiger partial charge in [0.25, 0.3) is 0 Å². The second kappa shape index (κ2) is 10.9. The van der Waals surface area contributed by atoms with E-state index >= 15 is 0 Å². The van der Waals surface area contributed by atoms with E-state index in [-0.39, 0.29) is 19.1 Å². The van der Waals surface area contributed by atoms with Gasteiger partial charge in [-0.05, 0) is 12.0 Å². The van der Waals surface area contributed by atoms with E-state index in [1.165, 1.54) is 0 Å². The minimum atomic E-state index is -2.40. The van der Waals surface area contributed by atoms with Gasteiger partial charge in [-0.15, -0.1) is 18.0 Å². The Balaban J connectivity index is 2.21. The number of rotatable bonds is 8. The summed E-state index contributed by atoms with van der Waals surface area (Å²) in [6, 6.07) is -1.53. The molecule has 1 unspecified atom stereocenters. The lowest BCUT2D eigenvalue weighted by Gasteiger charge is -2.21. The number of alkyl halides is 1. The summed E-state index contributed by atoms with van der Waals surface area (Å²) in [4.78, 5) is 24.0. The highest BCUT2D eigenvalue weighted by Gasteiger charge is 2.31. The van der Waals surface area contributed by atoms with E-state index in [2.05, 4.69) is 16.0 Å². The highest BCUT2D eigenvalue weighted by Crippen LogP contribution is 2.29. The molecule has 0 bridgehead atoms. The van der Waals surface area contributed by atoms with E-state index in [9.17, 15) is 31.5 Å². The van der Waals surface area contributed by atoms with Gasteiger partial charge in [-0.3, -0.25) is 4.79 Å². The number of allylic oxidation sites excluding steroid dienone is 1. The van der Waals surface area contributed by atoms with Crippen molar-refractivity contribution in [3.05, 3.63) is 52.9 Å². The fourth-order valence-electron chi connectivity index (χ4n) is 2.58. The smallest absolute Gasteiger partial charge is 0.334 e. The van der Waals surface area contributed by atoms with Gasteiger partial charge in [0.15, 0.2) is 0 Å². The van der Waals surface area contributed by atoms with Crippen molar-refractivity contribution >= 4 is 23.5 Å². The highest BCUT2D eigenvalue weighted by molar-refractivity contribution is 6.27. The van der Waals surface area contributed by atoms with Gasteiger partial charge < -0.3 is 14.8 Å². The average Bonchev–Trinajstić information content (AvgIpc) is 2.77. The number of nitrogens with one attached hydrogen (secondary N) is 1. The summed E-state index contributed by atoms with van der Waals surface area (Å²) in [6.07, 6.45) is 9.83. The van der Waals surface area contributed by atoms with Crippen LogP contribution >= 0.6 is 11.6 Å². The number of hydrogen-bond acceptors (Lipinski definition) is 4. The van der Waals surface area contributed by atoms with E-state index in [4.69, 9.17) is 22.8 Å². The molecule has 0 saturated carbocycles. The van der Waals surface area contributed by atoms with Crippen LogP contribution in [-0.2, 0) is 14.3 Å². The molecule has 0 saturated heterocycles. The van der Waals surface area contributed by atoms with Crippen LogP contribution in [0, 0.1) is 41.4 Å². The number of carbonyl (C=O) groups is 2. The predicted octanol–water partition coefficient (Wildman–Crippen LogP) is 3.31. The van der Waals surface area contributed by atoms with E-state index in [0.717, 1.165) is 0 Å². The molecule has 5 nitrogen and oxygen atoms in total. The first-order valence-electron chi connectivity index (χ1n) is 8.70. The minimum Gasteiger partial charge on any atom is -0.418 e. The maximum absolute atomic E-state index is 13.8. The van der Waals surface area contributed by atoms with Crippen molar-refractivity contribution in [3.8, 4) is 18.1 Å². The molecule has 2 rings (SSSR count). The van der Waals surface area contributed by atoms with Crippen molar-refractivity contribution in [1.82, 2.24) is 5.32 Å². The highest BCUT2D eigenvalue weighted by atomic mass is 35.5. The summed E-state index contributed by atoms with van der Waals surface area (Å²) in [5.41, 5.74) is 0.509. The number of halogens is 6. The molecule has 166 valence electrons. The Morgan fingerprint density at radius 3 is 2.29 bits per heavy atom. The molecule has 31 heavy (non-hydrogen) atoms. The Bertz CT molecular complexity index is 944. The summed E-state index contributed by atoms with van der Waals surface area (Å²) in [6.45, 7) is 0.0842. The van der Waals surface area contributed by atoms with Crippen molar-refractivity contribution < 1.29 is 41.0 Å². The molecule has 1 N–H and O–H groups in total. The average molecular weight is 464 g/mol. The van der Waals surface area contributed by atoms with Gasteiger partial charge in [-0.1, -0.05) is 24.1 Å². The van der Waals surface area contributed by atoms with Crippen LogP contribution in [0.15, 0.2) is 23.8 Å². The SMILES string of the molecule is C#CCOC1C=CC(C[C@H](NC(=O)CCl)C(=O)Oc2c(F)c(F)c(F)c(F)c2F)=CC1. The minimum absolute atomic E-state index is 0.0842. The number of amides is 1. The first-order valence-corrected chi connectivity index (χ1v) is 9.23. The third-order valence-corrected chi connectivity index (χ3v) is 4.31. The largest absolute Gasteiger partial charge is 0.418 e. The lowest BCUT2D eigenvalue weighted by atomic mass is 9.98. The quantitative estimate of drug-likeness (QED) is 0.122. The van der Waals surface area contributed by atoms with E-state index in [1.54, 1.807) is 18.2 Å². The Labute approximate surface area is 178 Å². The standard InChI is InChI=1S/C20H15ClF5NO4/c1-2-7-30-11-5-3-10(4-6-11)8-12(27-13(28)9-21)20(29)31-19-17(25)15(23)14(22)16(24)18(19)26/h1,3-5,11-12H,6-9H2,(H,27,28)/t11?,12-/m0/s1. The molecule has 1 aliphatic rings. The molecule has 1 aromatic rings. The molecule has 0 aliphatic heterocycles. The van der Waals surface area contributed by atoms with Gasteiger partial charge in [0.2, 0.25) is 40.7 Å². The van der Waals surface area contributed by atoms with Crippen LogP contribution in [0.4, 0.5) is 22.0 Å². The van der Waals surface area contributed by atoms with Crippen molar-refractivity contribution in [3.63, 3.8) is 0 Å². The number of hydrogen-bond donors (Lipinski definition) is 1. The van der Waals surface area contributed by atoms with Crippen LogP contribution in [0.5, 0.6) is 5.75 Å². The van der Waals surface area contributed by atoms with Crippen molar-refractivity contribution in [1.29, 1.82) is 0 Å². The van der Waals surface area contributed by atoms with Gasteiger partial charge in [-0.25, -0.2) is 18.0 Å². The van der Waals surface area contributed by atoms with Gasteiger partial charge >= 0.3 is 5.97 Å². The second-order valence-electron chi connectivity index (χ2n) is 6.21. The van der Waals surface area contributed by atoms with Gasteiger partial charge in [0, 0.05) is 6.42 Å². The maximum Gasteiger partial charge on any atom is 0.334 e. The summed E-state index contributed by atoms with van der Waals surface area (Å²) in [7, 11) is 0. The molecule has 1 aliphatic carbocycles. The molecule has 11 heteroatoms. The molecular weight excluding hydrogens is 449 g/mol. The Hall–Kier alpha value is -2.90. The third-order valence-electron chi connectivity index (χ3n) is 4.07. The first kappa shape index (κ1) is 24.4. The molecule has 0 fully saturated rings. The van der Waals surface area contributed by atoms with Gasteiger partial charge in [0.1, 0.15) is 18.5 Å². The third kappa shape index (κ3) is 6.06. The van der Waals surface area contributed by atoms with E-state index < -0.39 is 58.6 Å². The van der Waals surface area contributed by atoms with E-state index in [1.807, 2.05) is 0 Å². The van der Waals surface area contributed by atoms with Crippen LogP contribution in [-0.4, -0.2) is 36.5 Å². The molecule has 1 aromatic carbocycles. The number of carbonyl (C=O) groups excluding carboxylic acids is 2. The van der Waals surface area contributed by atoms with E-state index in [0.29, 0.717) is 12.0 Å². The Morgan fingerprint density at radius 1 is 1.16 bits per heavy atom. The first-order chi connectivity index (χ1) is 14.7. The maximum atomic E-state index is 13.8. The summed E-state index contributed by atoms with van der Waals surface area (Å²) < 4.78 is 77.2. The summed E-state index contributed by atoms with van der Waals surface area (Å²) >= 11 is 5.39. The van der Waals surface area contributed by atoms with Crippen LogP contribution in [0.2, 0.25) is 0 Å². The zero-order valence-corrected chi connectivity index (χ0v) is 16.4. The van der Waals surface area contributed by atoms with Crippen molar-refractivity contribution in [2.75, 3.05) is 12.5 Å². The van der Waals surface area contributed by atoms with Crippen LogP contribution in [0.1, 0.15) is 12.8 Å². The molecule has 0 aromatic heterocycles. The summed E-state index contributed by atoms with van der Waals surface area (Å²) in [5.74, 6) is -13.9. The van der Waals surface area contributed by atoms with Crippen molar-refractivity contribution in [2.24, 2.45) is 0 Å². The molecular formula is C20H15ClF5NO4. The zero-order valence-electron chi connectivity index (χ0n) is 15.7. The van der Waals surface area contributed by atoms with Gasteiger partial charge in [-0.2, -0.15) is 8.78 Å². The Morgan fingerprint density at radius 2 is 1.77 bits per heavy atom. The Kier molecular flexibility index (Phi) is 8.59. The number of esters is 1. The normalized spacial score (nSPS) is 16.3. The monoisotopic (exact) mass is 463 g/mol. The number of ether oxygens (including phenoxy) is 2. The lowest BCUT2D eigenvalue weighted by Crippen LogP contribution is -2.44. The fourth-order valence-corrected chi connectivity index (χ4v) is 2.66. The molecule has 2 atom stereocenters. The van der Waals surface area contributed by atoms with Crippen LogP contribution in [0.25, 0.3) is 0 Å². The molecule has 0 heterocycles. The van der Waals surface area contributed by atoms with Crippen LogP contribution in [0.3, 0.4) is 0 Å². The topological polar surface area (TPSA) is 64.6 Å².